The lowest BCUT2D eigenvalue weighted by atomic mass is 10.1. The number of hydrogen-bond donors (Lipinski definition) is 1. The van der Waals surface area contributed by atoms with Crippen LogP contribution in [0.3, 0.4) is 0 Å². The molecule has 0 unspecified atom stereocenters. The van der Waals surface area contributed by atoms with Crippen LogP contribution in [-0.4, -0.2) is 68.0 Å². The Labute approximate surface area is 162 Å². The maximum Gasteiger partial charge on any atom is 0.320 e. The number of hydrogen-bond acceptors (Lipinski definition) is 8. The molecule has 12 heteroatoms. The summed E-state index contributed by atoms with van der Waals surface area (Å²) in [7, 11) is -3.14. The average Bonchev–Trinajstić information content (AvgIpc) is 3.27. The Kier molecular flexibility index (Phi) is 4.67. The molecule has 1 aliphatic heterocycles. The van der Waals surface area contributed by atoms with Gasteiger partial charge in [0, 0.05) is 30.9 Å². The van der Waals surface area contributed by atoms with Gasteiger partial charge in [-0.1, -0.05) is 0 Å². The number of ether oxygens (including phenoxy) is 1. The number of nitrogens with zero attached hydrogens (tertiary/aromatic N) is 7. The van der Waals surface area contributed by atoms with Crippen molar-refractivity contribution in [3.05, 3.63) is 18.5 Å². The van der Waals surface area contributed by atoms with E-state index in [0.29, 0.717) is 49.9 Å². The van der Waals surface area contributed by atoms with Crippen LogP contribution in [0, 0.1) is 0 Å². The normalized spacial score (nSPS) is 16.6. The second-order valence-electron chi connectivity index (χ2n) is 6.70. The van der Waals surface area contributed by atoms with Gasteiger partial charge in [-0.05, 0) is 19.8 Å². The highest BCUT2D eigenvalue weighted by Crippen LogP contribution is 2.27. The number of anilines is 1. The van der Waals surface area contributed by atoms with E-state index in [4.69, 9.17) is 10.5 Å². The van der Waals surface area contributed by atoms with Gasteiger partial charge in [-0.2, -0.15) is 19.6 Å². The van der Waals surface area contributed by atoms with Gasteiger partial charge in [0.1, 0.15) is 0 Å². The molecule has 1 saturated heterocycles. The van der Waals surface area contributed by atoms with Crippen LogP contribution in [0.15, 0.2) is 18.5 Å². The summed E-state index contributed by atoms with van der Waals surface area (Å²) >= 11 is 0. The quantitative estimate of drug-likeness (QED) is 0.650. The van der Waals surface area contributed by atoms with Crippen LogP contribution in [0.5, 0.6) is 6.01 Å². The molecule has 3 aromatic heterocycles. The highest BCUT2D eigenvalue weighted by Gasteiger charge is 2.26. The van der Waals surface area contributed by atoms with E-state index >= 15 is 0 Å². The van der Waals surface area contributed by atoms with E-state index in [0.717, 1.165) is 5.56 Å². The molecular formula is C16H22N8O3S. The van der Waals surface area contributed by atoms with E-state index in [-0.39, 0.29) is 12.0 Å². The van der Waals surface area contributed by atoms with Gasteiger partial charge in [0.25, 0.3) is 0 Å². The third kappa shape index (κ3) is 3.52. The number of aromatic nitrogens is 6. The van der Waals surface area contributed by atoms with Gasteiger partial charge < -0.3 is 10.5 Å². The molecule has 0 radical (unpaired) electrons. The predicted molar refractivity (Wildman–Crippen MR) is 102 cm³/mol. The molecule has 0 atom stereocenters. The first kappa shape index (κ1) is 18.6. The minimum absolute atomic E-state index is 0.144. The molecule has 4 heterocycles. The van der Waals surface area contributed by atoms with Crippen LogP contribution >= 0.6 is 0 Å². The molecule has 0 aromatic carbocycles. The van der Waals surface area contributed by atoms with Crippen molar-refractivity contribution in [1.29, 1.82) is 0 Å². The Bertz CT molecular complexity index is 1100. The summed E-state index contributed by atoms with van der Waals surface area (Å²) in [5.41, 5.74) is 7.71. The molecule has 0 aliphatic carbocycles. The Hall–Kier alpha value is -2.73. The summed E-state index contributed by atoms with van der Waals surface area (Å²) < 4.78 is 33.8. The predicted octanol–water partition coefficient (Wildman–Crippen LogP) is 0.565. The molecular weight excluding hydrogens is 384 g/mol. The summed E-state index contributed by atoms with van der Waals surface area (Å²) in [6, 6.07) is 2.23. The Balaban J connectivity index is 1.59. The van der Waals surface area contributed by atoms with Gasteiger partial charge >= 0.3 is 6.01 Å². The van der Waals surface area contributed by atoms with Crippen molar-refractivity contribution in [3.63, 3.8) is 0 Å². The maximum atomic E-state index is 11.7. The highest BCUT2D eigenvalue weighted by atomic mass is 32.2. The van der Waals surface area contributed by atoms with Gasteiger partial charge in [0.15, 0.2) is 5.65 Å². The Morgan fingerprint density at radius 3 is 2.71 bits per heavy atom. The van der Waals surface area contributed by atoms with E-state index in [2.05, 4.69) is 20.2 Å². The van der Waals surface area contributed by atoms with E-state index in [1.54, 1.807) is 12.3 Å². The molecule has 1 fully saturated rings. The molecule has 0 bridgehead atoms. The molecule has 2 N–H and O–H groups in total. The minimum Gasteiger partial charge on any atom is -0.464 e. The zero-order chi connectivity index (χ0) is 19.9. The summed E-state index contributed by atoms with van der Waals surface area (Å²) in [5, 5.41) is 8.56. The van der Waals surface area contributed by atoms with Gasteiger partial charge in [0.2, 0.25) is 16.0 Å². The molecule has 4 rings (SSSR count). The van der Waals surface area contributed by atoms with Crippen molar-refractivity contribution in [2.75, 3.05) is 31.7 Å². The molecule has 28 heavy (non-hydrogen) atoms. The topological polar surface area (TPSA) is 134 Å². The van der Waals surface area contributed by atoms with Crippen LogP contribution in [-0.2, 0) is 10.0 Å². The van der Waals surface area contributed by atoms with Crippen molar-refractivity contribution >= 4 is 21.6 Å². The average molecular weight is 406 g/mol. The largest absolute Gasteiger partial charge is 0.464 e. The van der Waals surface area contributed by atoms with E-state index in [1.165, 1.54) is 15.1 Å². The van der Waals surface area contributed by atoms with Crippen molar-refractivity contribution < 1.29 is 13.2 Å². The first-order chi connectivity index (χ1) is 13.3. The smallest absolute Gasteiger partial charge is 0.320 e. The number of nitrogen functional groups attached to an aromatic ring is 1. The number of nitrogens with two attached hydrogens (primary N) is 1. The molecule has 11 nitrogen and oxygen atoms in total. The second kappa shape index (κ2) is 7.02. The summed E-state index contributed by atoms with van der Waals surface area (Å²) in [6.45, 7) is 3.29. The lowest BCUT2D eigenvalue weighted by molar-refractivity contribution is 0.262. The lowest BCUT2D eigenvalue weighted by Gasteiger charge is -2.30. The number of piperidine rings is 1. The first-order valence-electron chi connectivity index (χ1n) is 9.01. The minimum atomic E-state index is -3.14. The standard InChI is InChI=1S/C16H22N8O3S/c1-3-27-16-19-13(8-14-20-15(17)21-24(14)16)11-9-18-23(10-11)12-4-6-22(7-5-12)28(2,25)26/h8-10,12H,3-7H2,1-2H3,(H2,17,21). The molecule has 0 amide bonds. The molecule has 0 spiro atoms. The monoisotopic (exact) mass is 406 g/mol. The fourth-order valence-corrected chi connectivity index (χ4v) is 4.23. The number of sulfonamides is 1. The van der Waals surface area contributed by atoms with Gasteiger partial charge in [-0.15, -0.1) is 5.10 Å². The molecule has 1 aliphatic rings. The Morgan fingerprint density at radius 2 is 2.04 bits per heavy atom. The fraction of sp³-hybridized carbons (Fsp3) is 0.500. The zero-order valence-electron chi connectivity index (χ0n) is 15.7. The van der Waals surface area contributed by atoms with E-state index in [9.17, 15) is 8.42 Å². The van der Waals surface area contributed by atoms with Crippen LogP contribution in [0.1, 0.15) is 25.8 Å². The van der Waals surface area contributed by atoms with Crippen molar-refractivity contribution in [1.82, 2.24) is 33.7 Å². The summed E-state index contributed by atoms with van der Waals surface area (Å²) in [5.74, 6) is 0.147. The van der Waals surface area contributed by atoms with E-state index < -0.39 is 10.0 Å². The lowest BCUT2D eigenvalue weighted by Crippen LogP contribution is -2.38. The molecule has 150 valence electrons. The molecule has 0 saturated carbocycles. The SMILES string of the molecule is CCOc1nc(-c2cnn(C3CCN(S(C)(=O)=O)CC3)c2)cc2nc(N)nn12. The number of fused-ring (bicyclic) bond motifs is 1. The van der Waals surface area contributed by atoms with Crippen LogP contribution in [0.4, 0.5) is 5.95 Å². The van der Waals surface area contributed by atoms with Crippen LogP contribution < -0.4 is 10.5 Å². The van der Waals surface area contributed by atoms with Crippen molar-refractivity contribution in [2.45, 2.75) is 25.8 Å². The third-order valence-corrected chi connectivity index (χ3v) is 6.05. The van der Waals surface area contributed by atoms with Crippen LogP contribution in [0.25, 0.3) is 16.9 Å². The second-order valence-corrected chi connectivity index (χ2v) is 8.68. The van der Waals surface area contributed by atoms with Crippen molar-refractivity contribution in [2.24, 2.45) is 0 Å². The maximum absolute atomic E-state index is 11.7. The van der Waals surface area contributed by atoms with Gasteiger partial charge in [0.05, 0.1) is 30.8 Å². The molecule has 3 aromatic rings. The Morgan fingerprint density at radius 1 is 1.29 bits per heavy atom. The zero-order valence-corrected chi connectivity index (χ0v) is 16.5. The highest BCUT2D eigenvalue weighted by molar-refractivity contribution is 7.88. The van der Waals surface area contributed by atoms with Gasteiger partial charge in [-0.3, -0.25) is 4.68 Å². The number of rotatable bonds is 5. The fourth-order valence-electron chi connectivity index (χ4n) is 3.36. The first-order valence-corrected chi connectivity index (χ1v) is 10.9. The van der Waals surface area contributed by atoms with Gasteiger partial charge in [-0.25, -0.2) is 12.7 Å². The third-order valence-electron chi connectivity index (χ3n) is 4.75. The van der Waals surface area contributed by atoms with Crippen molar-refractivity contribution in [3.8, 4) is 17.3 Å². The van der Waals surface area contributed by atoms with Crippen LogP contribution in [0.2, 0.25) is 0 Å². The summed E-state index contributed by atoms with van der Waals surface area (Å²) in [4.78, 5) is 8.71. The van der Waals surface area contributed by atoms with E-state index in [1.807, 2.05) is 17.8 Å². The summed E-state index contributed by atoms with van der Waals surface area (Å²) in [6.07, 6.45) is 6.32.